The van der Waals surface area contributed by atoms with Crippen molar-refractivity contribution in [2.24, 2.45) is 0 Å². The van der Waals surface area contributed by atoms with E-state index in [1.807, 2.05) is 6.55 Å². The Bertz CT molecular complexity index is 176. The second-order valence-electron chi connectivity index (χ2n) is 2.94. The van der Waals surface area contributed by atoms with Crippen LogP contribution in [0, 0.1) is 0 Å². The fourth-order valence-corrected chi connectivity index (χ4v) is 2.25. The molecule has 0 aromatic carbocycles. The number of hydrogen-bond donors (Lipinski definition) is 0. The molecule has 0 radical (unpaired) electrons. The molecule has 0 atom stereocenters. The SMILES string of the molecule is C=C[Si](C)(OC)OC.CO[Si](OC)(OC)OC. The fraction of sp³-hybridized carbons (Fsp3) is 0.778. The summed E-state index contributed by atoms with van der Waals surface area (Å²) in [6.45, 7) is 5.52. The molecule has 104 valence electrons. The van der Waals surface area contributed by atoms with Crippen molar-refractivity contribution >= 4 is 17.6 Å². The van der Waals surface area contributed by atoms with Gasteiger partial charge in [-0.3, -0.25) is 0 Å². The zero-order chi connectivity index (χ0) is 13.9. The van der Waals surface area contributed by atoms with Crippen molar-refractivity contribution in [3.8, 4) is 0 Å². The minimum atomic E-state index is -2.69. The van der Waals surface area contributed by atoms with Crippen molar-refractivity contribution in [1.29, 1.82) is 0 Å². The topological polar surface area (TPSA) is 55.4 Å². The van der Waals surface area contributed by atoms with E-state index in [-0.39, 0.29) is 0 Å². The molecule has 8 heteroatoms. The van der Waals surface area contributed by atoms with Gasteiger partial charge < -0.3 is 26.6 Å². The van der Waals surface area contributed by atoms with Crippen LogP contribution in [0.25, 0.3) is 0 Å². The zero-order valence-electron chi connectivity index (χ0n) is 11.7. The third-order valence-electron chi connectivity index (χ3n) is 2.18. The molecule has 0 amide bonds. The first-order valence-electron chi connectivity index (χ1n) is 4.87. The summed E-state index contributed by atoms with van der Waals surface area (Å²) in [7, 11) is 4.63. The van der Waals surface area contributed by atoms with E-state index in [0.717, 1.165) is 0 Å². The molecule has 0 aliphatic rings. The van der Waals surface area contributed by atoms with Crippen LogP contribution in [-0.4, -0.2) is 60.3 Å². The van der Waals surface area contributed by atoms with Crippen molar-refractivity contribution in [3.63, 3.8) is 0 Å². The van der Waals surface area contributed by atoms with E-state index in [1.54, 1.807) is 19.9 Å². The molecule has 0 N–H and O–H groups in total. The normalized spacial score (nSPS) is 11.7. The Labute approximate surface area is 106 Å². The van der Waals surface area contributed by atoms with Crippen LogP contribution in [0.5, 0.6) is 0 Å². The minimum Gasteiger partial charge on any atom is -0.395 e. The molecule has 0 aromatic rings. The number of hydrogen-bond acceptors (Lipinski definition) is 6. The van der Waals surface area contributed by atoms with E-state index in [1.165, 1.54) is 28.4 Å². The molecule has 0 heterocycles. The average molecular weight is 284 g/mol. The summed E-state index contributed by atoms with van der Waals surface area (Å²) in [5.41, 5.74) is 1.74. The van der Waals surface area contributed by atoms with Crippen LogP contribution < -0.4 is 0 Å². The lowest BCUT2D eigenvalue weighted by molar-refractivity contribution is 0.0226. The molecule has 0 aromatic heterocycles. The Morgan fingerprint density at radius 1 is 0.706 bits per heavy atom. The van der Waals surface area contributed by atoms with E-state index in [4.69, 9.17) is 26.6 Å². The molecule has 0 aliphatic heterocycles. The molecular weight excluding hydrogens is 260 g/mol. The van der Waals surface area contributed by atoms with E-state index < -0.39 is 17.6 Å². The third-order valence-corrected chi connectivity index (χ3v) is 6.54. The van der Waals surface area contributed by atoms with Crippen LogP contribution in [0.2, 0.25) is 6.55 Å². The molecule has 0 unspecified atom stereocenters. The predicted molar refractivity (Wildman–Crippen MR) is 69.6 cm³/mol. The van der Waals surface area contributed by atoms with Crippen molar-refractivity contribution in [1.82, 2.24) is 0 Å². The monoisotopic (exact) mass is 284 g/mol. The lowest BCUT2D eigenvalue weighted by Gasteiger charge is -2.19. The van der Waals surface area contributed by atoms with Crippen molar-refractivity contribution in [2.45, 2.75) is 6.55 Å². The van der Waals surface area contributed by atoms with Gasteiger partial charge >= 0.3 is 17.6 Å². The quantitative estimate of drug-likeness (QED) is 0.652. The van der Waals surface area contributed by atoms with E-state index in [0.29, 0.717) is 0 Å². The van der Waals surface area contributed by atoms with Gasteiger partial charge in [-0.1, -0.05) is 0 Å². The van der Waals surface area contributed by atoms with Crippen LogP contribution in [0.3, 0.4) is 0 Å². The molecular formula is C9H24O6Si2. The highest BCUT2D eigenvalue weighted by Gasteiger charge is 2.40. The highest BCUT2D eigenvalue weighted by molar-refractivity contribution is 6.71. The summed E-state index contributed by atoms with van der Waals surface area (Å²) in [4.78, 5) is 0. The molecule has 17 heavy (non-hydrogen) atoms. The molecule has 0 saturated carbocycles. The van der Waals surface area contributed by atoms with Gasteiger partial charge in [0.25, 0.3) is 0 Å². The molecule has 6 nitrogen and oxygen atoms in total. The van der Waals surface area contributed by atoms with Crippen LogP contribution in [0.1, 0.15) is 0 Å². The summed E-state index contributed by atoms with van der Waals surface area (Å²) in [5, 5.41) is 0. The van der Waals surface area contributed by atoms with Crippen LogP contribution in [0.15, 0.2) is 12.3 Å². The lowest BCUT2D eigenvalue weighted by Crippen LogP contribution is -2.45. The summed E-state index contributed by atoms with van der Waals surface area (Å²) in [5.74, 6) is 0. The Morgan fingerprint density at radius 3 is 1.00 bits per heavy atom. The fourth-order valence-electron chi connectivity index (χ4n) is 0.750. The maximum Gasteiger partial charge on any atom is 0.678 e. The van der Waals surface area contributed by atoms with Crippen molar-refractivity contribution in [3.05, 3.63) is 12.3 Å². The second kappa shape index (κ2) is 9.91. The Kier molecular flexibility index (Phi) is 11.2. The summed E-state index contributed by atoms with van der Waals surface area (Å²) >= 11 is 0. The molecule has 0 bridgehead atoms. The molecule has 0 fully saturated rings. The second-order valence-corrected chi connectivity index (χ2v) is 8.83. The number of rotatable bonds is 7. The van der Waals surface area contributed by atoms with Crippen LogP contribution in [-0.2, 0) is 26.6 Å². The van der Waals surface area contributed by atoms with Crippen LogP contribution in [0.4, 0.5) is 0 Å². The maximum absolute atomic E-state index is 5.03. The van der Waals surface area contributed by atoms with Gasteiger partial charge in [-0.25, -0.2) is 0 Å². The van der Waals surface area contributed by atoms with Gasteiger partial charge in [-0.2, -0.15) is 0 Å². The molecule has 0 rings (SSSR count). The molecule has 0 spiro atoms. The Hall–Kier alpha value is -0.0662. The largest absolute Gasteiger partial charge is 0.678 e. The van der Waals surface area contributed by atoms with Gasteiger partial charge in [0.2, 0.25) is 0 Å². The van der Waals surface area contributed by atoms with Gasteiger partial charge in [0.05, 0.1) is 0 Å². The third kappa shape index (κ3) is 7.06. The van der Waals surface area contributed by atoms with Crippen LogP contribution >= 0.6 is 0 Å². The Morgan fingerprint density at radius 2 is 1.00 bits per heavy atom. The van der Waals surface area contributed by atoms with Gasteiger partial charge in [0, 0.05) is 42.7 Å². The maximum atomic E-state index is 5.03. The zero-order valence-corrected chi connectivity index (χ0v) is 13.7. The van der Waals surface area contributed by atoms with Gasteiger partial charge in [0.1, 0.15) is 0 Å². The first-order chi connectivity index (χ1) is 7.92. The first kappa shape index (κ1) is 19.3. The summed E-state index contributed by atoms with van der Waals surface area (Å²) in [6, 6.07) is 0. The van der Waals surface area contributed by atoms with E-state index in [9.17, 15) is 0 Å². The summed E-state index contributed by atoms with van der Waals surface area (Å²) < 4.78 is 29.5. The van der Waals surface area contributed by atoms with Gasteiger partial charge in [-0.05, 0) is 12.2 Å². The highest BCUT2D eigenvalue weighted by Crippen LogP contribution is 2.04. The van der Waals surface area contributed by atoms with Gasteiger partial charge in [-0.15, -0.1) is 6.58 Å². The first-order valence-corrected chi connectivity index (χ1v) is 8.90. The smallest absolute Gasteiger partial charge is 0.395 e. The Balaban J connectivity index is 0. The lowest BCUT2D eigenvalue weighted by atomic mass is 11.3. The van der Waals surface area contributed by atoms with E-state index >= 15 is 0 Å². The predicted octanol–water partition coefficient (Wildman–Crippen LogP) is 1.08. The standard InChI is InChI=1S/C5H12O2Si.C4H12O4Si/c1-5-8(4,6-2)7-3;1-5-9(6-2,7-3)8-4/h5H,1H2,2-4H3;1-4H3. The minimum absolute atomic E-state index is 1.49. The highest BCUT2D eigenvalue weighted by atomic mass is 28.4. The average Bonchev–Trinajstić information content (AvgIpc) is 2.42. The molecule has 0 saturated heterocycles. The van der Waals surface area contributed by atoms with Crippen molar-refractivity contribution < 1.29 is 26.6 Å². The van der Waals surface area contributed by atoms with E-state index in [2.05, 4.69) is 6.58 Å². The van der Waals surface area contributed by atoms with Crippen molar-refractivity contribution in [2.75, 3.05) is 42.7 Å². The summed E-state index contributed by atoms with van der Waals surface area (Å²) in [6.07, 6.45) is 0. The van der Waals surface area contributed by atoms with Gasteiger partial charge in [0.15, 0.2) is 0 Å². The molecule has 0 aliphatic carbocycles.